The minimum atomic E-state index is -0.510. The van der Waals surface area contributed by atoms with E-state index in [-0.39, 0.29) is 6.04 Å². The number of aliphatic hydroxyl groups excluding tert-OH is 1. The average molecular weight is 226 g/mol. The molecular formula is C12H16ClNO. The van der Waals surface area contributed by atoms with E-state index in [4.69, 9.17) is 11.6 Å². The maximum Gasteiger partial charge on any atom is 0.0914 e. The fourth-order valence-electron chi connectivity index (χ4n) is 1.18. The molecule has 0 saturated heterocycles. The molecule has 0 aromatic heterocycles. The van der Waals surface area contributed by atoms with E-state index in [1.165, 1.54) is 0 Å². The van der Waals surface area contributed by atoms with Gasteiger partial charge in [-0.2, -0.15) is 0 Å². The maximum absolute atomic E-state index is 9.82. The summed E-state index contributed by atoms with van der Waals surface area (Å²) in [4.78, 5) is 0. The van der Waals surface area contributed by atoms with E-state index in [9.17, 15) is 5.11 Å². The molecule has 3 heteroatoms. The monoisotopic (exact) mass is 225 g/mol. The summed E-state index contributed by atoms with van der Waals surface area (Å²) in [5.41, 5.74) is 0.864. The fraction of sp³-hybridized carbons (Fsp3) is 0.333. The normalized spacial score (nSPS) is 14.6. The highest BCUT2D eigenvalue weighted by Crippen LogP contribution is 2.15. The summed E-state index contributed by atoms with van der Waals surface area (Å²) in [7, 11) is 0. The summed E-state index contributed by atoms with van der Waals surface area (Å²) in [5, 5.41) is 13.6. The molecule has 0 aliphatic carbocycles. The molecule has 1 aromatic carbocycles. The van der Waals surface area contributed by atoms with Crippen LogP contribution in [0.1, 0.15) is 18.6 Å². The Balaban J connectivity index is 2.49. The summed E-state index contributed by atoms with van der Waals surface area (Å²) in [6.45, 7) is 6.16. The topological polar surface area (TPSA) is 32.3 Å². The minimum Gasteiger partial charge on any atom is -0.387 e. The molecule has 1 rings (SSSR count). The Morgan fingerprint density at radius 2 is 2.07 bits per heavy atom. The summed E-state index contributed by atoms with van der Waals surface area (Å²) in [6, 6.07) is 7.40. The number of benzene rings is 1. The van der Waals surface area contributed by atoms with Crippen molar-refractivity contribution in [3.63, 3.8) is 0 Å². The van der Waals surface area contributed by atoms with Crippen LogP contribution >= 0.6 is 11.6 Å². The van der Waals surface area contributed by atoms with Crippen molar-refractivity contribution in [1.82, 2.24) is 5.32 Å². The van der Waals surface area contributed by atoms with Gasteiger partial charge < -0.3 is 10.4 Å². The van der Waals surface area contributed by atoms with Gasteiger partial charge in [-0.05, 0) is 24.6 Å². The van der Waals surface area contributed by atoms with Gasteiger partial charge in [0.25, 0.3) is 0 Å². The lowest BCUT2D eigenvalue weighted by atomic mass is 10.1. The largest absolute Gasteiger partial charge is 0.387 e. The molecule has 2 nitrogen and oxygen atoms in total. The van der Waals surface area contributed by atoms with Crippen LogP contribution < -0.4 is 5.32 Å². The van der Waals surface area contributed by atoms with Gasteiger partial charge in [0.15, 0.2) is 0 Å². The van der Waals surface area contributed by atoms with E-state index in [1.807, 2.05) is 19.1 Å². The van der Waals surface area contributed by atoms with E-state index in [0.29, 0.717) is 11.6 Å². The van der Waals surface area contributed by atoms with Crippen LogP contribution in [0.4, 0.5) is 0 Å². The number of rotatable bonds is 5. The lowest BCUT2D eigenvalue weighted by Gasteiger charge is -2.14. The summed E-state index contributed by atoms with van der Waals surface area (Å²) >= 11 is 5.76. The highest BCUT2D eigenvalue weighted by Gasteiger charge is 2.07. The third-order valence-corrected chi connectivity index (χ3v) is 2.49. The predicted octanol–water partition coefficient (Wildman–Crippen LogP) is 2.54. The molecule has 15 heavy (non-hydrogen) atoms. The summed E-state index contributed by atoms with van der Waals surface area (Å²) in [5.74, 6) is 0. The van der Waals surface area contributed by atoms with E-state index in [1.54, 1.807) is 18.2 Å². The minimum absolute atomic E-state index is 0.201. The van der Waals surface area contributed by atoms with Crippen molar-refractivity contribution in [3.8, 4) is 0 Å². The van der Waals surface area contributed by atoms with E-state index >= 15 is 0 Å². The quantitative estimate of drug-likeness (QED) is 0.755. The lowest BCUT2D eigenvalue weighted by Crippen LogP contribution is -2.28. The highest BCUT2D eigenvalue weighted by atomic mass is 35.5. The standard InChI is InChI=1S/C12H16ClNO/c1-3-9(2)14-8-12(15)10-4-6-11(13)7-5-10/h3-7,9,12,14-15H,1,8H2,2H3. The van der Waals surface area contributed by atoms with Crippen LogP contribution in [0.25, 0.3) is 0 Å². The Hall–Kier alpha value is -0.830. The van der Waals surface area contributed by atoms with Crippen molar-refractivity contribution in [3.05, 3.63) is 47.5 Å². The second-order valence-corrected chi connectivity index (χ2v) is 3.94. The number of hydrogen-bond acceptors (Lipinski definition) is 2. The van der Waals surface area contributed by atoms with Crippen molar-refractivity contribution >= 4 is 11.6 Å². The Bertz CT molecular complexity index is 310. The van der Waals surface area contributed by atoms with Crippen LogP contribution in [0.3, 0.4) is 0 Å². The molecule has 1 aromatic rings. The van der Waals surface area contributed by atoms with Crippen LogP contribution in [0, 0.1) is 0 Å². The van der Waals surface area contributed by atoms with Crippen LogP contribution in [0.2, 0.25) is 5.02 Å². The molecule has 0 aliphatic rings. The smallest absolute Gasteiger partial charge is 0.0914 e. The second kappa shape index (κ2) is 5.91. The van der Waals surface area contributed by atoms with Gasteiger partial charge in [0.2, 0.25) is 0 Å². The average Bonchev–Trinajstić information content (AvgIpc) is 2.26. The fourth-order valence-corrected chi connectivity index (χ4v) is 1.31. The van der Waals surface area contributed by atoms with Gasteiger partial charge in [0.1, 0.15) is 0 Å². The summed E-state index contributed by atoms with van der Waals surface area (Å²) < 4.78 is 0. The van der Waals surface area contributed by atoms with Gasteiger partial charge >= 0.3 is 0 Å². The van der Waals surface area contributed by atoms with E-state index in [2.05, 4.69) is 11.9 Å². The number of aliphatic hydroxyl groups is 1. The first-order valence-corrected chi connectivity index (χ1v) is 5.30. The van der Waals surface area contributed by atoms with Gasteiger partial charge in [-0.25, -0.2) is 0 Å². The molecule has 0 spiro atoms. The number of hydrogen-bond donors (Lipinski definition) is 2. The molecule has 0 saturated carbocycles. The lowest BCUT2D eigenvalue weighted by molar-refractivity contribution is 0.173. The van der Waals surface area contributed by atoms with Gasteiger partial charge in [0.05, 0.1) is 6.10 Å². The molecule has 0 fully saturated rings. The molecule has 0 heterocycles. The first-order chi connectivity index (χ1) is 7.13. The Labute approximate surface area is 95.6 Å². The first kappa shape index (κ1) is 12.2. The molecule has 0 aliphatic heterocycles. The Morgan fingerprint density at radius 3 is 2.60 bits per heavy atom. The molecule has 0 radical (unpaired) electrons. The Kier molecular flexibility index (Phi) is 4.82. The molecule has 0 amide bonds. The zero-order valence-electron chi connectivity index (χ0n) is 8.78. The SMILES string of the molecule is C=CC(C)NCC(O)c1ccc(Cl)cc1. The third-order valence-electron chi connectivity index (χ3n) is 2.24. The predicted molar refractivity (Wildman–Crippen MR) is 64.1 cm³/mol. The second-order valence-electron chi connectivity index (χ2n) is 3.50. The number of nitrogens with one attached hydrogen (secondary N) is 1. The zero-order chi connectivity index (χ0) is 11.3. The van der Waals surface area contributed by atoms with Gasteiger partial charge in [-0.15, -0.1) is 6.58 Å². The van der Waals surface area contributed by atoms with Crippen molar-refractivity contribution < 1.29 is 5.11 Å². The molecular weight excluding hydrogens is 210 g/mol. The first-order valence-electron chi connectivity index (χ1n) is 4.93. The summed E-state index contributed by atoms with van der Waals surface area (Å²) in [6.07, 6.45) is 1.29. The van der Waals surface area contributed by atoms with Crippen molar-refractivity contribution in [1.29, 1.82) is 0 Å². The van der Waals surface area contributed by atoms with Crippen molar-refractivity contribution in [2.24, 2.45) is 0 Å². The Morgan fingerprint density at radius 1 is 1.47 bits per heavy atom. The highest BCUT2D eigenvalue weighted by molar-refractivity contribution is 6.30. The molecule has 2 atom stereocenters. The van der Waals surface area contributed by atoms with Crippen LogP contribution in [-0.2, 0) is 0 Å². The van der Waals surface area contributed by atoms with Gasteiger partial charge in [-0.1, -0.05) is 29.8 Å². The van der Waals surface area contributed by atoms with E-state index < -0.39 is 6.10 Å². The number of halogens is 1. The molecule has 0 bridgehead atoms. The van der Waals surface area contributed by atoms with Crippen LogP contribution in [-0.4, -0.2) is 17.7 Å². The van der Waals surface area contributed by atoms with Crippen LogP contribution in [0.5, 0.6) is 0 Å². The third kappa shape index (κ3) is 4.04. The van der Waals surface area contributed by atoms with Gasteiger partial charge in [-0.3, -0.25) is 0 Å². The molecule has 2 unspecified atom stereocenters. The molecule has 2 N–H and O–H groups in total. The van der Waals surface area contributed by atoms with Crippen molar-refractivity contribution in [2.75, 3.05) is 6.54 Å². The molecule has 82 valence electrons. The van der Waals surface area contributed by atoms with Crippen LogP contribution in [0.15, 0.2) is 36.9 Å². The van der Waals surface area contributed by atoms with E-state index in [0.717, 1.165) is 5.56 Å². The van der Waals surface area contributed by atoms with Gasteiger partial charge in [0, 0.05) is 17.6 Å². The zero-order valence-corrected chi connectivity index (χ0v) is 9.54. The van der Waals surface area contributed by atoms with Crippen molar-refractivity contribution in [2.45, 2.75) is 19.1 Å². The maximum atomic E-state index is 9.82.